The van der Waals surface area contributed by atoms with Crippen molar-refractivity contribution in [2.24, 2.45) is 0 Å². The summed E-state index contributed by atoms with van der Waals surface area (Å²) in [6.07, 6.45) is 4.20. The van der Waals surface area contributed by atoms with Gasteiger partial charge in [0.25, 0.3) is 0 Å². The van der Waals surface area contributed by atoms with Gasteiger partial charge in [-0.15, -0.1) is 0 Å². The lowest BCUT2D eigenvalue weighted by Crippen LogP contribution is -2.51. The molecule has 1 saturated carbocycles. The number of nitrogens with one attached hydrogen (secondary N) is 2. The first kappa shape index (κ1) is 14.8. The van der Waals surface area contributed by atoms with Crippen LogP contribution in [-0.2, 0) is 4.79 Å². The fourth-order valence-corrected chi connectivity index (χ4v) is 2.16. The zero-order valence-electron chi connectivity index (χ0n) is 10.7. The largest absolute Gasteiger partial charge is 0.480 e. The van der Waals surface area contributed by atoms with Crippen LogP contribution in [-0.4, -0.2) is 40.4 Å². The van der Waals surface area contributed by atoms with Gasteiger partial charge >= 0.3 is 12.0 Å². The molecule has 0 saturated heterocycles. The van der Waals surface area contributed by atoms with Crippen LogP contribution in [0.3, 0.4) is 0 Å². The molecule has 4 N–H and O–H groups in total. The predicted octanol–water partition coefficient (Wildman–Crippen LogP) is 0.842. The van der Waals surface area contributed by atoms with Gasteiger partial charge in [0.05, 0.1) is 12.1 Å². The van der Waals surface area contributed by atoms with Crippen LogP contribution in [0.15, 0.2) is 0 Å². The summed E-state index contributed by atoms with van der Waals surface area (Å²) in [5, 5.41) is 23.7. The van der Waals surface area contributed by atoms with Gasteiger partial charge in [-0.2, -0.15) is 0 Å². The van der Waals surface area contributed by atoms with Gasteiger partial charge in [-0.1, -0.05) is 26.2 Å². The first-order valence-electron chi connectivity index (χ1n) is 6.52. The number of aliphatic carboxylic acids is 1. The van der Waals surface area contributed by atoms with Crippen molar-refractivity contribution < 1.29 is 19.8 Å². The lowest BCUT2D eigenvalue weighted by molar-refractivity contribution is -0.139. The molecule has 0 heterocycles. The molecule has 6 nitrogen and oxygen atoms in total. The summed E-state index contributed by atoms with van der Waals surface area (Å²) >= 11 is 0. The van der Waals surface area contributed by atoms with Crippen molar-refractivity contribution in [2.45, 2.75) is 63.6 Å². The summed E-state index contributed by atoms with van der Waals surface area (Å²) in [7, 11) is 0. The first-order valence-corrected chi connectivity index (χ1v) is 6.52. The van der Waals surface area contributed by atoms with E-state index in [0.29, 0.717) is 12.8 Å². The maximum absolute atomic E-state index is 11.6. The number of aliphatic hydroxyl groups is 1. The van der Waals surface area contributed by atoms with Crippen molar-refractivity contribution in [2.75, 3.05) is 0 Å². The minimum absolute atomic E-state index is 0.279. The van der Waals surface area contributed by atoms with Crippen LogP contribution in [0.5, 0.6) is 0 Å². The maximum atomic E-state index is 11.6. The Kier molecular flexibility index (Phi) is 5.91. The molecule has 0 aromatic carbocycles. The molecule has 1 aliphatic rings. The molecule has 0 radical (unpaired) electrons. The van der Waals surface area contributed by atoms with Crippen LogP contribution in [0, 0.1) is 0 Å². The van der Waals surface area contributed by atoms with Gasteiger partial charge in [-0.05, 0) is 19.3 Å². The fourth-order valence-electron chi connectivity index (χ4n) is 2.16. The molecule has 3 atom stereocenters. The Hall–Kier alpha value is -1.30. The summed E-state index contributed by atoms with van der Waals surface area (Å²) in [6.45, 7) is 1.69. The Morgan fingerprint density at radius 3 is 2.56 bits per heavy atom. The van der Waals surface area contributed by atoms with Crippen molar-refractivity contribution >= 4 is 12.0 Å². The summed E-state index contributed by atoms with van der Waals surface area (Å²) < 4.78 is 0. The van der Waals surface area contributed by atoms with E-state index >= 15 is 0 Å². The van der Waals surface area contributed by atoms with Gasteiger partial charge in [-0.3, -0.25) is 0 Å². The second kappa shape index (κ2) is 7.20. The van der Waals surface area contributed by atoms with E-state index in [4.69, 9.17) is 5.11 Å². The van der Waals surface area contributed by atoms with E-state index in [9.17, 15) is 14.7 Å². The minimum atomic E-state index is -1.05. The second-order valence-corrected chi connectivity index (χ2v) is 4.73. The molecule has 18 heavy (non-hydrogen) atoms. The Balaban J connectivity index is 2.44. The molecule has 0 aromatic heterocycles. The number of carboxylic acids is 1. The van der Waals surface area contributed by atoms with E-state index in [1.165, 1.54) is 0 Å². The van der Waals surface area contributed by atoms with Gasteiger partial charge in [0, 0.05) is 0 Å². The molecule has 1 fully saturated rings. The Morgan fingerprint density at radius 1 is 1.28 bits per heavy atom. The highest BCUT2D eigenvalue weighted by atomic mass is 16.4. The minimum Gasteiger partial charge on any atom is -0.480 e. The third kappa shape index (κ3) is 4.52. The van der Waals surface area contributed by atoms with Crippen molar-refractivity contribution in [1.82, 2.24) is 10.6 Å². The quantitative estimate of drug-likeness (QED) is 0.562. The molecular weight excluding hydrogens is 236 g/mol. The van der Waals surface area contributed by atoms with Gasteiger partial charge in [-0.25, -0.2) is 9.59 Å². The topological polar surface area (TPSA) is 98.7 Å². The number of amides is 2. The number of aliphatic hydroxyl groups excluding tert-OH is 1. The highest BCUT2D eigenvalue weighted by Gasteiger charge is 2.25. The molecule has 1 rings (SSSR count). The number of urea groups is 1. The Bertz CT molecular complexity index is 296. The molecule has 2 amide bonds. The van der Waals surface area contributed by atoms with Gasteiger partial charge < -0.3 is 20.8 Å². The molecule has 1 aliphatic carbocycles. The van der Waals surface area contributed by atoms with E-state index in [2.05, 4.69) is 10.6 Å². The molecule has 104 valence electrons. The van der Waals surface area contributed by atoms with E-state index in [1.54, 1.807) is 6.92 Å². The Labute approximate surface area is 107 Å². The van der Waals surface area contributed by atoms with E-state index in [1.807, 2.05) is 0 Å². The third-order valence-corrected chi connectivity index (χ3v) is 3.31. The third-order valence-electron chi connectivity index (χ3n) is 3.31. The fraction of sp³-hybridized carbons (Fsp3) is 0.833. The van der Waals surface area contributed by atoms with Gasteiger partial charge in [0.1, 0.15) is 6.04 Å². The van der Waals surface area contributed by atoms with E-state index in [0.717, 1.165) is 25.7 Å². The average molecular weight is 258 g/mol. The number of hydrogen-bond donors (Lipinski definition) is 4. The van der Waals surface area contributed by atoms with Crippen LogP contribution in [0.1, 0.15) is 45.4 Å². The monoisotopic (exact) mass is 258 g/mol. The number of hydrogen-bond acceptors (Lipinski definition) is 3. The van der Waals surface area contributed by atoms with Crippen LogP contribution < -0.4 is 10.6 Å². The van der Waals surface area contributed by atoms with Crippen LogP contribution in [0.25, 0.3) is 0 Å². The number of carbonyl (C=O) groups is 2. The summed E-state index contributed by atoms with van der Waals surface area (Å²) in [4.78, 5) is 22.4. The number of carbonyl (C=O) groups excluding carboxylic acids is 1. The zero-order valence-corrected chi connectivity index (χ0v) is 10.7. The highest BCUT2D eigenvalue weighted by Crippen LogP contribution is 2.17. The smallest absolute Gasteiger partial charge is 0.326 e. The van der Waals surface area contributed by atoms with E-state index < -0.39 is 24.1 Å². The number of carboxylic acid groups (broad SMARTS) is 1. The molecular formula is C12H22N2O4. The van der Waals surface area contributed by atoms with Crippen LogP contribution >= 0.6 is 0 Å². The normalized spacial score (nSPS) is 25.9. The molecule has 0 bridgehead atoms. The van der Waals surface area contributed by atoms with Crippen LogP contribution in [0.2, 0.25) is 0 Å². The van der Waals surface area contributed by atoms with Crippen molar-refractivity contribution in [1.29, 1.82) is 0 Å². The lowest BCUT2D eigenvalue weighted by Gasteiger charge is -2.23. The van der Waals surface area contributed by atoms with Crippen molar-refractivity contribution in [3.8, 4) is 0 Å². The highest BCUT2D eigenvalue weighted by molar-refractivity contribution is 5.82. The standard InChI is InChI=1S/C12H22N2O4/c1-2-8(11(16)17)13-12(18)14-9-6-4-3-5-7-10(9)15/h8-10,15H,2-7H2,1H3,(H,16,17)(H2,13,14,18)/t8-,9?,10?/m1/s1. The molecule has 6 heteroatoms. The first-order chi connectivity index (χ1) is 8.54. The maximum Gasteiger partial charge on any atom is 0.326 e. The van der Waals surface area contributed by atoms with Gasteiger partial charge in [0.2, 0.25) is 0 Å². The molecule has 2 unspecified atom stereocenters. The molecule has 0 spiro atoms. The SMILES string of the molecule is CC[C@@H](NC(=O)NC1CCCCCC1O)C(=O)O. The Morgan fingerprint density at radius 2 is 1.94 bits per heavy atom. The summed E-state index contributed by atoms with van der Waals surface area (Å²) in [6, 6.07) is -1.68. The lowest BCUT2D eigenvalue weighted by atomic mass is 10.1. The summed E-state index contributed by atoms with van der Waals surface area (Å²) in [5.74, 6) is -1.05. The van der Waals surface area contributed by atoms with Crippen molar-refractivity contribution in [3.63, 3.8) is 0 Å². The molecule has 0 aliphatic heterocycles. The van der Waals surface area contributed by atoms with E-state index in [-0.39, 0.29) is 6.04 Å². The molecule has 0 aromatic rings. The summed E-state index contributed by atoms with van der Waals surface area (Å²) in [5.41, 5.74) is 0. The zero-order chi connectivity index (χ0) is 13.5. The van der Waals surface area contributed by atoms with Crippen molar-refractivity contribution in [3.05, 3.63) is 0 Å². The predicted molar refractivity (Wildman–Crippen MR) is 66.3 cm³/mol. The average Bonchev–Trinajstić information content (AvgIpc) is 2.51. The van der Waals surface area contributed by atoms with Crippen LogP contribution in [0.4, 0.5) is 4.79 Å². The van der Waals surface area contributed by atoms with Gasteiger partial charge in [0.15, 0.2) is 0 Å². The second-order valence-electron chi connectivity index (χ2n) is 4.73. The number of rotatable bonds is 4.